The van der Waals surface area contributed by atoms with Crippen LogP contribution < -0.4 is 0 Å². The second-order valence-corrected chi connectivity index (χ2v) is 5.88. The molecule has 2 rings (SSSR count). The van der Waals surface area contributed by atoms with Gasteiger partial charge in [-0.3, -0.25) is 4.79 Å². The van der Waals surface area contributed by atoms with Crippen molar-refractivity contribution in [2.45, 2.75) is 45.4 Å². The van der Waals surface area contributed by atoms with Gasteiger partial charge in [0.1, 0.15) is 0 Å². The Balaban J connectivity index is 1.71. The molecule has 0 saturated heterocycles. The molecule has 2 aromatic carbocycles. The number of hydrogen-bond donors (Lipinski definition) is 0. The minimum atomic E-state index is -0.0759. The fraction of sp³-hybridized carbons (Fsp3) is 0.381. The highest BCUT2D eigenvalue weighted by Gasteiger charge is 2.03. The van der Waals surface area contributed by atoms with Crippen LogP contribution in [0.15, 0.2) is 49.0 Å². The van der Waals surface area contributed by atoms with Crippen LogP contribution in [0.25, 0.3) is 16.3 Å². The third kappa shape index (κ3) is 5.55. The lowest BCUT2D eigenvalue weighted by molar-refractivity contribution is -0.143. The monoisotopic (exact) mass is 310 g/mol. The Morgan fingerprint density at radius 3 is 2.39 bits per heavy atom. The van der Waals surface area contributed by atoms with E-state index in [2.05, 4.69) is 49.0 Å². The molecule has 0 heterocycles. The van der Waals surface area contributed by atoms with E-state index >= 15 is 0 Å². The lowest BCUT2D eigenvalue weighted by atomic mass is 9.98. The molecule has 23 heavy (non-hydrogen) atoms. The summed E-state index contributed by atoms with van der Waals surface area (Å²) in [5.74, 6) is -0.0759. The molecular formula is C21H26O2. The number of allylic oxidation sites excluding steroid dienone is 1. The van der Waals surface area contributed by atoms with Crippen molar-refractivity contribution in [3.63, 3.8) is 0 Å². The average Bonchev–Trinajstić information content (AvgIpc) is 2.57. The SMILES string of the molecule is C=C(CCCCCCC(=O)OCC)c1ccc2ccccc2c1. The van der Waals surface area contributed by atoms with Crippen molar-refractivity contribution < 1.29 is 9.53 Å². The third-order valence-corrected chi connectivity index (χ3v) is 4.07. The number of carbonyl (C=O) groups excluding carboxylic acids is 1. The van der Waals surface area contributed by atoms with E-state index in [1.807, 2.05) is 6.92 Å². The number of ether oxygens (including phenoxy) is 1. The van der Waals surface area contributed by atoms with Crippen LogP contribution >= 0.6 is 0 Å². The highest BCUT2D eigenvalue weighted by atomic mass is 16.5. The molecular weight excluding hydrogens is 284 g/mol. The lowest BCUT2D eigenvalue weighted by Crippen LogP contribution is -2.03. The van der Waals surface area contributed by atoms with Gasteiger partial charge in [0.25, 0.3) is 0 Å². The van der Waals surface area contributed by atoms with E-state index in [4.69, 9.17) is 4.74 Å². The van der Waals surface area contributed by atoms with E-state index in [-0.39, 0.29) is 5.97 Å². The predicted molar refractivity (Wildman–Crippen MR) is 97.3 cm³/mol. The number of fused-ring (bicyclic) bond motifs is 1. The Morgan fingerprint density at radius 2 is 1.65 bits per heavy atom. The molecule has 0 aliphatic rings. The summed E-state index contributed by atoms with van der Waals surface area (Å²) < 4.78 is 4.93. The maximum absolute atomic E-state index is 11.2. The van der Waals surface area contributed by atoms with Crippen molar-refractivity contribution in [1.29, 1.82) is 0 Å². The Bertz CT molecular complexity index is 658. The summed E-state index contributed by atoms with van der Waals surface area (Å²) in [7, 11) is 0. The van der Waals surface area contributed by atoms with E-state index in [0.29, 0.717) is 13.0 Å². The van der Waals surface area contributed by atoms with Gasteiger partial charge in [0.15, 0.2) is 0 Å². The minimum Gasteiger partial charge on any atom is -0.466 e. The largest absolute Gasteiger partial charge is 0.466 e. The third-order valence-electron chi connectivity index (χ3n) is 4.07. The summed E-state index contributed by atoms with van der Waals surface area (Å²) in [6.45, 7) is 6.55. The van der Waals surface area contributed by atoms with Crippen LogP contribution in [-0.4, -0.2) is 12.6 Å². The summed E-state index contributed by atoms with van der Waals surface area (Å²) in [5, 5.41) is 2.53. The fourth-order valence-corrected chi connectivity index (χ4v) is 2.75. The van der Waals surface area contributed by atoms with E-state index in [1.165, 1.54) is 21.9 Å². The van der Waals surface area contributed by atoms with E-state index in [1.54, 1.807) is 0 Å². The molecule has 0 aliphatic heterocycles. The smallest absolute Gasteiger partial charge is 0.305 e. The van der Waals surface area contributed by atoms with Crippen molar-refractivity contribution in [1.82, 2.24) is 0 Å². The van der Waals surface area contributed by atoms with E-state index in [9.17, 15) is 4.79 Å². The van der Waals surface area contributed by atoms with Gasteiger partial charge in [-0.2, -0.15) is 0 Å². The second-order valence-electron chi connectivity index (χ2n) is 5.88. The van der Waals surface area contributed by atoms with Crippen molar-refractivity contribution in [2.75, 3.05) is 6.61 Å². The van der Waals surface area contributed by atoms with Crippen LogP contribution in [0.4, 0.5) is 0 Å². The van der Waals surface area contributed by atoms with Crippen LogP contribution in [0.3, 0.4) is 0 Å². The van der Waals surface area contributed by atoms with Crippen molar-refractivity contribution in [3.8, 4) is 0 Å². The molecule has 0 amide bonds. The number of benzene rings is 2. The van der Waals surface area contributed by atoms with Crippen LogP contribution in [0.5, 0.6) is 0 Å². The fourth-order valence-electron chi connectivity index (χ4n) is 2.75. The molecule has 0 spiro atoms. The molecule has 0 atom stereocenters. The molecule has 2 aromatic rings. The van der Waals surface area contributed by atoms with Crippen molar-refractivity contribution in [2.24, 2.45) is 0 Å². The Morgan fingerprint density at radius 1 is 0.957 bits per heavy atom. The molecule has 2 nitrogen and oxygen atoms in total. The van der Waals surface area contributed by atoms with Crippen LogP contribution in [0, 0.1) is 0 Å². The molecule has 0 bridgehead atoms. The molecule has 0 aliphatic carbocycles. The number of esters is 1. The van der Waals surface area contributed by atoms with E-state index < -0.39 is 0 Å². The van der Waals surface area contributed by atoms with Gasteiger partial charge in [-0.15, -0.1) is 0 Å². The molecule has 0 unspecified atom stereocenters. The Labute approximate surface area is 139 Å². The number of rotatable bonds is 9. The Hall–Kier alpha value is -2.09. The molecule has 0 radical (unpaired) electrons. The zero-order valence-corrected chi connectivity index (χ0v) is 14.0. The number of carbonyl (C=O) groups is 1. The number of hydrogen-bond acceptors (Lipinski definition) is 2. The van der Waals surface area contributed by atoms with Gasteiger partial charge in [-0.1, -0.05) is 55.8 Å². The maximum atomic E-state index is 11.2. The van der Waals surface area contributed by atoms with Gasteiger partial charge in [0, 0.05) is 6.42 Å². The highest BCUT2D eigenvalue weighted by Crippen LogP contribution is 2.24. The van der Waals surface area contributed by atoms with Gasteiger partial charge < -0.3 is 4.74 Å². The standard InChI is InChI=1S/C21H26O2/c1-3-23-21(22)13-7-5-4-6-10-17(2)19-15-14-18-11-8-9-12-20(18)16-19/h8-9,11-12,14-16H,2-7,10,13H2,1H3. The molecule has 0 aromatic heterocycles. The summed E-state index contributed by atoms with van der Waals surface area (Å²) in [4.78, 5) is 11.2. The molecule has 0 fully saturated rings. The van der Waals surface area contributed by atoms with Gasteiger partial charge in [0.05, 0.1) is 6.61 Å². The van der Waals surface area contributed by atoms with Crippen LogP contribution in [-0.2, 0) is 9.53 Å². The summed E-state index contributed by atoms with van der Waals surface area (Å²) in [6.07, 6.45) is 5.79. The zero-order chi connectivity index (χ0) is 16.5. The topological polar surface area (TPSA) is 26.3 Å². The first-order valence-corrected chi connectivity index (χ1v) is 8.53. The van der Waals surface area contributed by atoms with Gasteiger partial charge in [-0.25, -0.2) is 0 Å². The maximum Gasteiger partial charge on any atom is 0.305 e. The van der Waals surface area contributed by atoms with Crippen molar-refractivity contribution in [3.05, 3.63) is 54.6 Å². The zero-order valence-electron chi connectivity index (χ0n) is 14.0. The predicted octanol–water partition coefficient (Wildman–Crippen LogP) is 5.76. The molecule has 0 N–H and O–H groups in total. The summed E-state index contributed by atoms with van der Waals surface area (Å²) in [5.41, 5.74) is 2.43. The lowest BCUT2D eigenvalue weighted by Gasteiger charge is -2.08. The van der Waals surface area contributed by atoms with Crippen molar-refractivity contribution >= 4 is 22.3 Å². The van der Waals surface area contributed by atoms with Crippen LogP contribution in [0.2, 0.25) is 0 Å². The van der Waals surface area contributed by atoms with Gasteiger partial charge in [0.2, 0.25) is 0 Å². The molecule has 2 heteroatoms. The second kappa shape index (κ2) is 9.14. The number of unbranched alkanes of at least 4 members (excludes halogenated alkanes) is 3. The summed E-state index contributed by atoms with van der Waals surface area (Å²) >= 11 is 0. The van der Waals surface area contributed by atoms with Gasteiger partial charge in [-0.05, 0) is 54.2 Å². The molecule has 0 saturated carbocycles. The summed E-state index contributed by atoms with van der Waals surface area (Å²) in [6, 6.07) is 14.9. The van der Waals surface area contributed by atoms with Gasteiger partial charge >= 0.3 is 5.97 Å². The van der Waals surface area contributed by atoms with E-state index in [0.717, 1.165) is 32.1 Å². The highest BCUT2D eigenvalue weighted by molar-refractivity contribution is 5.86. The normalized spacial score (nSPS) is 10.7. The Kier molecular flexibility index (Phi) is 6.86. The first-order chi connectivity index (χ1) is 11.2. The van der Waals surface area contributed by atoms with Crippen LogP contribution in [0.1, 0.15) is 51.0 Å². The quantitative estimate of drug-likeness (QED) is 0.435. The average molecular weight is 310 g/mol. The first-order valence-electron chi connectivity index (χ1n) is 8.53. The molecule has 122 valence electrons. The first kappa shape index (κ1) is 17.3. The minimum absolute atomic E-state index is 0.0759.